The summed E-state index contributed by atoms with van der Waals surface area (Å²) in [5, 5.41) is 0. The number of hydrogen-bond donors (Lipinski definition) is 2. The zero-order valence-corrected chi connectivity index (χ0v) is 9.52. The van der Waals surface area contributed by atoms with Gasteiger partial charge in [0.2, 0.25) is 0 Å². The Morgan fingerprint density at radius 2 is 2.50 bits per heavy atom. The highest BCUT2D eigenvalue weighted by atomic mass is 16.5. The van der Waals surface area contributed by atoms with Gasteiger partial charge in [-0.15, -0.1) is 0 Å². The highest BCUT2D eigenvalue weighted by Gasteiger charge is 2.19. The lowest BCUT2D eigenvalue weighted by atomic mass is 10.2. The van der Waals surface area contributed by atoms with Crippen LogP contribution in [0.3, 0.4) is 0 Å². The third-order valence-electron chi connectivity index (χ3n) is 2.80. The summed E-state index contributed by atoms with van der Waals surface area (Å²) < 4.78 is 5.63. The van der Waals surface area contributed by atoms with Crippen LogP contribution in [0.25, 0.3) is 0 Å². The predicted molar refractivity (Wildman–Crippen MR) is 64.3 cm³/mol. The van der Waals surface area contributed by atoms with Gasteiger partial charge in [0.15, 0.2) is 0 Å². The fraction of sp³-hybridized carbons (Fsp3) is 0.545. The number of nitrogens with two attached hydrogens (primary N) is 1. The highest BCUT2D eigenvalue weighted by molar-refractivity contribution is 5.46. The fourth-order valence-electron chi connectivity index (χ4n) is 1.85. The number of hydrogen-bond acceptors (Lipinski definition) is 5. The molecular formula is C11H18N4O. The molecule has 0 saturated carbocycles. The number of anilines is 2. The average molecular weight is 222 g/mol. The van der Waals surface area contributed by atoms with Crippen molar-refractivity contribution in [2.75, 3.05) is 30.0 Å². The average Bonchev–Trinajstić information content (AvgIpc) is 2.39. The number of pyridine rings is 1. The van der Waals surface area contributed by atoms with Gasteiger partial charge in [0.25, 0.3) is 0 Å². The van der Waals surface area contributed by atoms with Crippen LogP contribution in [-0.2, 0) is 4.74 Å². The molecule has 1 aromatic rings. The number of nitrogens with zero attached hydrogens (tertiary/aromatic N) is 2. The molecule has 1 saturated heterocycles. The van der Waals surface area contributed by atoms with E-state index in [2.05, 4.69) is 22.2 Å². The molecule has 1 aliphatic rings. The summed E-state index contributed by atoms with van der Waals surface area (Å²) in [5.41, 5.74) is 2.56. The normalized spacial score (nSPS) is 20.9. The van der Waals surface area contributed by atoms with Crippen molar-refractivity contribution >= 4 is 11.6 Å². The van der Waals surface area contributed by atoms with Crippen molar-refractivity contribution in [1.29, 1.82) is 0 Å². The Hall–Kier alpha value is -1.33. The van der Waals surface area contributed by atoms with Crippen molar-refractivity contribution in [2.24, 2.45) is 5.84 Å². The van der Waals surface area contributed by atoms with Gasteiger partial charge in [0, 0.05) is 13.1 Å². The minimum absolute atomic E-state index is 0.310. The van der Waals surface area contributed by atoms with E-state index in [9.17, 15) is 0 Å². The van der Waals surface area contributed by atoms with Crippen LogP contribution in [-0.4, -0.2) is 30.8 Å². The molecule has 0 aliphatic carbocycles. The van der Waals surface area contributed by atoms with Gasteiger partial charge in [-0.2, -0.15) is 0 Å². The van der Waals surface area contributed by atoms with Gasteiger partial charge in [-0.05, 0) is 18.6 Å². The van der Waals surface area contributed by atoms with Crippen LogP contribution >= 0.6 is 0 Å². The fourth-order valence-corrected chi connectivity index (χ4v) is 1.85. The molecule has 88 valence electrons. The quantitative estimate of drug-likeness (QED) is 0.589. The van der Waals surface area contributed by atoms with Crippen LogP contribution < -0.4 is 16.2 Å². The monoisotopic (exact) mass is 222 g/mol. The van der Waals surface area contributed by atoms with E-state index in [1.165, 1.54) is 0 Å². The maximum atomic E-state index is 5.63. The van der Waals surface area contributed by atoms with Crippen LogP contribution in [0.15, 0.2) is 18.2 Å². The van der Waals surface area contributed by atoms with Crippen LogP contribution in [0.2, 0.25) is 0 Å². The lowest BCUT2D eigenvalue weighted by Gasteiger charge is -2.33. The molecule has 0 aromatic carbocycles. The number of hydrazine groups is 1. The Balaban J connectivity index is 2.10. The van der Waals surface area contributed by atoms with E-state index in [0.717, 1.165) is 31.9 Å². The van der Waals surface area contributed by atoms with Crippen LogP contribution in [0.5, 0.6) is 0 Å². The Morgan fingerprint density at radius 3 is 3.25 bits per heavy atom. The second kappa shape index (κ2) is 5.14. The summed E-state index contributed by atoms with van der Waals surface area (Å²) in [4.78, 5) is 6.65. The maximum absolute atomic E-state index is 5.63. The Bertz CT molecular complexity index is 345. The molecule has 0 spiro atoms. The summed E-state index contributed by atoms with van der Waals surface area (Å²) in [5.74, 6) is 6.99. The zero-order valence-electron chi connectivity index (χ0n) is 9.52. The van der Waals surface area contributed by atoms with Gasteiger partial charge in [-0.1, -0.05) is 13.0 Å². The Labute approximate surface area is 95.6 Å². The molecule has 16 heavy (non-hydrogen) atoms. The summed E-state index contributed by atoms with van der Waals surface area (Å²) in [6, 6.07) is 5.80. The Morgan fingerprint density at radius 1 is 1.62 bits per heavy atom. The number of aromatic nitrogens is 1. The third kappa shape index (κ3) is 2.43. The number of morpholine rings is 1. The second-order valence-electron chi connectivity index (χ2n) is 3.87. The third-order valence-corrected chi connectivity index (χ3v) is 2.80. The van der Waals surface area contributed by atoms with E-state index in [1.807, 2.05) is 18.2 Å². The van der Waals surface area contributed by atoms with Crippen molar-refractivity contribution in [2.45, 2.75) is 19.4 Å². The van der Waals surface area contributed by atoms with Crippen LogP contribution in [0.1, 0.15) is 13.3 Å². The molecule has 1 aromatic heterocycles. The summed E-state index contributed by atoms with van der Waals surface area (Å²) >= 11 is 0. The van der Waals surface area contributed by atoms with Gasteiger partial charge in [0.1, 0.15) is 11.6 Å². The van der Waals surface area contributed by atoms with Crippen molar-refractivity contribution in [1.82, 2.24) is 4.98 Å². The standard InChI is InChI=1S/C11H18N4O/c1-2-9-8-15(6-7-16-9)11-5-3-4-10(13-11)14-12/h3-5,9H,2,6-8,12H2,1H3,(H,13,14). The van der Waals surface area contributed by atoms with Gasteiger partial charge in [-0.3, -0.25) is 0 Å². The number of nitrogens with one attached hydrogen (secondary N) is 1. The van der Waals surface area contributed by atoms with Crippen LogP contribution in [0, 0.1) is 0 Å². The lowest BCUT2D eigenvalue weighted by Crippen LogP contribution is -2.42. The molecular weight excluding hydrogens is 204 g/mol. The molecule has 1 unspecified atom stereocenters. The molecule has 5 nitrogen and oxygen atoms in total. The first kappa shape index (κ1) is 11.2. The number of nitrogen functional groups attached to an aromatic ring is 1. The molecule has 5 heteroatoms. The minimum atomic E-state index is 0.310. The van der Waals surface area contributed by atoms with Gasteiger partial charge in [-0.25, -0.2) is 10.8 Å². The van der Waals surface area contributed by atoms with E-state index < -0.39 is 0 Å². The number of rotatable bonds is 3. The highest BCUT2D eigenvalue weighted by Crippen LogP contribution is 2.18. The zero-order chi connectivity index (χ0) is 11.4. The van der Waals surface area contributed by atoms with Crippen molar-refractivity contribution in [3.8, 4) is 0 Å². The van der Waals surface area contributed by atoms with Crippen molar-refractivity contribution in [3.63, 3.8) is 0 Å². The molecule has 2 heterocycles. The molecule has 1 aliphatic heterocycles. The van der Waals surface area contributed by atoms with Crippen LogP contribution in [0.4, 0.5) is 11.6 Å². The summed E-state index contributed by atoms with van der Waals surface area (Å²) in [6.07, 6.45) is 1.34. The van der Waals surface area contributed by atoms with Gasteiger partial charge >= 0.3 is 0 Å². The topological polar surface area (TPSA) is 63.4 Å². The summed E-state index contributed by atoms with van der Waals surface area (Å²) in [6.45, 7) is 4.69. The summed E-state index contributed by atoms with van der Waals surface area (Å²) in [7, 11) is 0. The van der Waals surface area contributed by atoms with Gasteiger partial charge < -0.3 is 15.1 Å². The first-order chi connectivity index (χ1) is 7.83. The molecule has 3 N–H and O–H groups in total. The maximum Gasteiger partial charge on any atom is 0.142 e. The first-order valence-corrected chi connectivity index (χ1v) is 5.63. The minimum Gasteiger partial charge on any atom is -0.375 e. The molecule has 0 radical (unpaired) electrons. The van der Waals surface area contributed by atoms with E-state index in [0.29, 0.717) is 11.9 Å². The number of ether oxygens (including phenoxy) is 1. The van der Waals surface area contributed by atoms with E-state index >= 15 is 0 Å². The molecule has 1 fully saturated rings. The second-order valence-corrected chi connectivity index (χ2v) is 3.87. The molecule has 0 amide bonds. The molecule has 1 atom stereocenters. The van der Waals surface area contributed by atoms with Crippen molar-refractivity contribution in [3.05, 3.63) is 18.2 Å². The molecule has 2 rings (SSSR count). The first-order valence-electron chi connectivity index (χ1n) is 5.63. The van der Waals surface area contributed by atoms with Gasteiger partial charge in [0.05, 0.1) is 12.7 Å². The largest absolute Gasteiger partial charge is 0.375 e. The van der Waals surface area contributed by atoms with Crippen molar-refractivity contribution < 1.29 is 4.74 Å². The molecule has 0 bridgehead atoms. The Kier molecular flexibility index (Phi) is 3.58. The SMILES string of the molecule is CCC1CN(c2cccc(NN)n2)CCO1. The lowest BCUT2D eigenvalue weighted by molar-refractivity contribution is 0.0382. The van der Waals surface area contributed by atoms with E-state index in [1.54, 1.807) is 0 Å². The smallest absolute Gasteiger partial charge is 0.142 e. The predicted octanol–water partition coefficient (Wildman–Crippen LogP) is 0.982. The van der Waals surface area contributed by atoms with E-state index in [-0.39, 0.29) is 0 Å². The van der Waals surface area contributed by atoms with E-state index in [4.69, 9.17) is 10.6 Å².